The van der Waals surface area contributed by atoms with Gasteiger partial charge in [-0.15, -0.1) is 0 Å². The third-order valence-corrected chi connectivity index (χ3v) is 3.53. The Hall–Kier alpha value is -2.61. The van der Waals surface area contributed by atoms with Gasteiger partial charge in [0.1, 0.15) is 5.75 Å². The van der Waals surface area contributed by atoms with Gasteiger partial charge in [0.05, 0.1) is 23.4 Å². The predicted octanol–water partition coefficient (Wildman–Crippen LogP) is 3.46. The van der Waals surface area contributed by atoms with E-state index in [2.05, 4.69) is 30.8 Å². The van der Waals surface area contributed by atoms with Gasteiger partial charge in [0.2, 0.25) is 5.82 Å². The maximum Gasteiger partial charge on any atom is 0.337 e. The molecule has 0 aliphatic rings. The molecule has 2 heterocycles. The largest absolute Gasteiger partial charge is 0.483 e. The molecule has 0 fully saturated rings. The Morgan fingerprint density at radius 3 is 2.91 bits per heavy atom. The highest BCUT2D eigenvalue weighted by Gasteiger charge is 2.13. The lowest BCUT2D eigenvalue weighted by molar-refractivity contribution is 0.0600. The standard InChI is InChI=1S/C15H11BrN2O5/c1-20-15(19)9-4-5-11(10(16)7-9)22-8-13-17-14(18-23-13)12-3-2-6-21-12/h2-7H,8H2,1H3. The van der Waals surface area contributed by atoms with Crippen LogP contribution in [0.3, 0.4) is 0 Å². The van der Waals surface area contributed by atoms with Crippen LogP contribution in [0.15, 0.2) is 50.0 Å². The first-order valence-electron chi connectivity index (χ1n) is 6.54. The number of hydrogen-bond donors (Lipinski definition) is 0. The monoisotopic (exact) mass is 378 g/mol. The van der Waals surface area contributed by atoms with Gasteiger partial charge in [0.15, 0.2) is 12.4 Å². The molecule has 3 aromatic rings. The fourth-order valence-corrected chi connectivity index (χ4v) is 2.31. The van der Waals surface area contributed by atoms with Gasteiger partial charge in [-0.25, -0.2) is 4.79 Å². The van der Waals surface area contributed by atoms with Crippen LogP contribution in [-0.4, -0.2) is 23.2 Å². The van der Waals surface area contributed by atoms with Crippen LogP contribution in [0.2, 0.25) is 0 Å². The Balaban J connectivity index is 1.68. The molecule has 118 valence electrons. The summed E-state index contributed by atoms with van der Waals surface area (Å²) in [5.74, 6) is 1.30. The molecule has 0 saturated heterocycles. The smallest absolute Gasteiger partial charge is 0.337 e. The van der Waals surface area contributed by atoms with E-state index >= 15 is 0 Å². The zero-order valence-corrected chi connectivity index (χ0v) is 13.6. The first kappa shape index (κ1) is 15.3. The van der Waals surface area contributed by atoms with Crippen molar-refractivity contribution in [3.63, 3.8) is 0 Å². The molecule has 23 heavy (non-hydrogen) atoms. The fraction of sp³-hybridized carbons (Fsp3) is 0.133. The number of carbonyl (C=O) groups excluding carboxylic acids is 1. The molecule has 0 aliphatic heterocycles. The van der Waals surface area contributed by atoms with Gasteiger partial charge in [-0.3, -0.25) is 0 Å². The number of halogens is 1. The Bertz CT molecular complexity index is 813. The van der Waals surface area contributed by atoms with Crippen molar-refractivity contribution in [3.05, 3.63) is 52.5 Å². The minimum atomic E-state index is -0.419. The molecule has 0 unspecified atom stereocenters. The summed E-state index contributed by atoms with van der Waals surface area (Å²) in [4.78, 5) is 15.6. The molecular formula is C15H11BrN2O5. The molecule has 0 atom stereocenters. The van der Waals surface area contributed by atoms with Crippen LogP contribution in [0.1, 0.15) is 16.2 Å². The summed E-state index contributed by atoms with van der Waals surface area (Å²) in [7, 11) is 1.33. The summed E-state index contributed by atoms with van der Waals surface area (Å²) in [5, 5.41) is 3.81. The van der Waals surface area contributed by atoms with Gasteiger partial charge in [-0.2, -0.15) is 4.98 Å². The summed E-state index contributed by atoms with van der Waals surface area (Å²) in [6, 6.07) is 8.34. The molecule has 1 aromatic carbocycles. The second kappa shape index (κ2) is 6.66. The van der Waals surface area contributed by atoms with Crippen molar-refractivity contribution in [2.75, 3.05) is 7.11 Å². The van der Waals surface area contributed by atoms with E-state index in [9.17, 15) is 4.79 Å². The lowest BCUT2D eigenvalue weighted by Crippen LogP contribution is -2.02. The first-order chi connectivity index (χ1) is 11.2. The van der Waals surface area contributed by atoms with Crippen LogP contribution in [0, 0.1) is 0 Å². The maximum absolute atomic E-state index is 11.4. The van der Waals surface area contributed by atoms with Crippen LogP contribution in [0.4, 0.5) is 0 Å². The summed E-state index contributed by atoms with van der Waals surface area (Å²) in [5.41, 5.74) is 0.421. The van der Waals surface area contributed by atoms with E-state index in [-0.39, 0.29) is 6.61 Å². The highest BCUT2D eigenvalue weighted by Crippen LogP contribution is 2.27. The molecule has 0 N–H and O–H groups in total. The average molecular weight is 379 g/mol. The SMILES string of the molecule is COC(=O)c1ccc(OCc2nc(-c3ccco3)no2)c(Br)c1. The highest BCUT2D eigenvalue weighted by atomic mass is 79.9. The number of carbonyl (C=O) groups is 1. The van der Waals surface area contributed by atoms with E-state index in [1.165, 1.54) is 13.4 Å². The summed E-state index contributed by atoms with van der Waals surface area (Å²) in [6.45, 7) is 0.0872. The molecule has 0 spiro atoms. The highest BCUT2D eigenvalue weighted by molar-refractivity contribution is 9.10. The zero-order chi connectivity index (χ0) is 16.2. The molecule has 8 heteroatoms. The second-order valence-electron chi connectivity index (χ2n) is 4.41. The molecule has 0 amide bonds. The second-order valence-corrected chi connectivity index (χ2v) is 5.27. The molecule has 3 rings (SSSR count). The molecule has 0 radical (unpaired) electrons. The molecule has 7 nitrogen and oxygen atoms in total. The fourth-order valence-electron chi connectivity index (χ4n) is 1.82. The number of methoxy groups -OCH3 is 1. The van der Waals surface area contributed by atoms with Crippen molar-refractivity contribution in [2.24, 2.45) is 0 Å². The van der Waals surface area contributed by atoms with Gasteiger partial charge in [0.25, 0.3) is 5.89 Å². The van der Waals surface area contributed by atoms with Crippen molar-refractivity contribution in [1.29, 1.82) is 0 Å². The van der Waals surface area contributed by atoms with Crippen LogP contribution in [0.25, 0.3) is 11.6 Å². The number of aromatic nitrogens is 2. The van der Waals surface area contributed by atoms with Crippen molar-refractivity contribution in [1.82, 2.24) is 10.1 Å². The Labute approximate surface area is 139 Å². The number of ether oxygens (including phenoxy) is 2. The van der Waals surface area contributed by atoms with Crippen LogP contribution < -0.4 is 4.74 Å². The lowest BCUT2D eigenvalue weighted by Gasteiger charge is -2.07. The summed E-state index contributed by atoms with van der Waals surface area (Å²) in [6.07, 6.45) is 1.53. The number of rotatable bonds is 5. The van der Waals surface area contributed by atoms with Gasteiger partial charge in [0, 0.05) is 0 Å². The Morgan fingerprint density at radius 2 is 2.22 bits per heavy atom. The van der Waals surface area contributed by atoms with Crippen molar-refractivity contribution < 1.29 is 23.2 Å². The molecular weight excluding hydrogens is 368 g/mol. The minimum Gasteiger partial charge on any atom is -0.483 e. The van der Waals surface area contributed by atoms with E-state index in [4.69, 9.17) is 13.7 Å². The third kappa shape index (κ3) is 3.42. The number of esters is 1. The van der Waals surface area contributed by atoms with Gasteiger partial charge in [-0.1, -0.05) is 5.16 Å². The normalized spacial score (nSPS) is 10.5. The molecule has 0 bridgehead atoms. The van der Waals surface area contributed by atoms with E-state index in [1.54, 1.807) is 30.3 Å². The molecule has 0 saturated carbocycles. The van der Waals surface area contributed by atoms with E-state index in [0.717, 1.165) is 0 Å². The number of hydrogen-bond acceptors (Lipinski definition) is 7. The van der Waals surface area contributed by atoms with E-state index < -0.39 is 5.97 Å². The predicted molar refractivity (Wildman–Crippen MR) is 81.8 cm³/mol. The molecule has 0 aliphatic carbocycles. The van der Waals surface area contributed by atoms with Crippen LogP contribution in [-0.2, 0) is 11.3 Å². The number of furan rings is 1. The average Bonchev–Trinajstić information content (AvgIpc) is 3.24. The minimum absolute atomic E-state index is 0.0872. The zero-order valence-electron chi connectivity index (χ0n) is 12.0. The lowest BCUT2D eigenvalue weighted by atomic mass is 10.2. The Kier molecular flexibility index (Phi) is 4.42. The van der Waals surface area contributed by atoms with Crippen LogP contribution in [0.5, 0.6) is 5.75 Å². The first-order valence-corrected chi connectivity index (χ1v) is 7.34. The van der Waals surface area contributed by atoms with Crippen LogP contribution >= 0.6 is 15.9 Å². The third-order valence-electron chi connectivity index (χ3n) is 2.91. The van der Waals surface area contributed by atoms with Crippen molar-refractivity contribution >= 4 is 21.9 Å². The van der Waals surface area contributed by atoms with Gasteiger partial charge in [-0.05, 0) is 46.3 Å². The maximum atomic E-state index is 11.4. The van der Waals surface area contributed by atoms with Gasteiger partial charge >= 0.3 is 5.97 Å². The number of nitrogens with zero attached hydrogens (tertiary/aromatic N) is 2. The van der Waals surface area contributed by atoms with Crippen molar-refractivity contribution in [3.8, 4) is 17.3 Å². The summed E-state index contributed by atoms with van der Waals surface area (Å²) >= 11 is 3.34. The number of benzene rings is 1. The summed E-state index contributed by atoms with van der Waals surface area (Å²) < 4.78 is 21.1. The Morgan fingerprint density at radius 1 is 1.35 bits per heavy atom. The topological polar surface area (TPSA) is 87.6 Å². The molecule has 2 aromatic heterocycles. The van der Waals surface area contributed by atoms with E-state index in [1.807, 2.05) is 0 Å². The quantitative estimate of drug-likeness (QED) is 0.628. The van der Waals surface area contributed by atoms with E-state index in [0.29, 0.717) is 33.3 Å². The van der Waals surface area contributed by atoms with Crippen molar-refractivity contribution in [2.45, 2.75) is 6.61 Å². The van der Waals surface area contributed by atoms with Gasteiger partial charge < -0.3 is 18.4 Å².